The fraction of sp³-hybridized carbons (Fsp3) is 0.143. The van der Waals surface area contributed by atoms with E-state index < -0.39 is 22.8 Å². The van der Waals surface area contributed by atoms with E-state index in [2.05, 4.69) is 20.3 Å². The van der Waals surface area contributed by atoms with Crippen molar-refractivity contribution in [2.45, 2.75) is 6.18 Å². The van der Waals surface area contributed by atoms with Gasteiger partial charge in [-0.1, -0.05) is 0 Å². The van der Waals surface area contributed by atoms with Crippen molar-refractivity contribution < 1.29 is 32.4 Å². The van der Waals surface area contributed by atoms with Gasteiger partial charge >= 0.3 is 11.9 Å². The number of ether oxygens (including phenoxy) is 2. The van der Waals surface area contributed by atoms with E-state index in [-0.39, 0.29) is 39.7 Å². The number of nitro groups is 1. The maximum absolute atomic E-state index is 13.7. The summed E-state index contributed by atoms with van der Waals surface area (Å²) in [4.78, 5) is 34.5. The molecule has 0 bridgehead atoms. The van der Waals surface area contributed by atoms with Gasteiger partial charge in [0.15, 0.2) is 17.4 Å². The van der Waals surface area contributed by atoms with Crippen molar-refractivity contribution in [2.75, 3.05) is 19.5 Å². The average molecular weight is 488 g/mol. The van der Waals surface area contributed by atoms with Crippen LogP contribution in [0.2, 0.25) is 0 Å². The second-order valence-electron chi connectivity index (χ2n) is 6.98. The Kier molecular flexibility index (Phi) is 5.94. The van der Waals surface area contributed by atoms with E-state index in [0.717, 1.165) is 23.0 Å². The molecule has 2 heterocycles. The molecular formula is C21H15F3N6O5. The lowest BCUT2D eigenvalue weighted by molar-refractivity contribution is -0.385. The molecule has 0 atom stereocenters. The molecule has 180 valence electrons. The first kappa shape index (κ1) is 23.4. The standard InChI is InChI=1S/C21H15F3N6O5/c1-34-12-4-6-14-13(8-12)27-20(21(22,23)24)29(14)18-10-25-17(9-26-18)28-19(31)11-3-5-15(30(32)33)16(7-11)35-2/h3-10H,1-2H3,(H,25,28,31). The van der Waals surface area contributed by atoms with Gasteiger partial charge in [0, 0.05) is 23.8 Å². The first-order valence-electron chi connectivity index (χ1n) is 9.72. The number of hydrogen-bond acceptors (Lipinski definition) is 8. The number of imidazole rings is 1. The molecule has 4 aromatic rings. The molecule has 1 amide bonds. The number of rotatable bonds is 6. The number of fused-ring (bicyclic) bond motifs is 1. The zero-order valence-electron chi connectivity index (χ0n) is 18.0. The third kappa shape index (κ3) is 4.53. The summed E-state index contributed by atoms with van der Waals surface area (Å²) in [5.74, 6) is -1.91. The first-order valence-corrected chi connectivity index (χ1v) is 9.72. The monoisotopic (exact) mass is 488 g/mol. The maximum atomic E-state index is 13.7. The smallest absolute Gasteiger partial charge is 0.450 e. The van der Waals surface area contributed by atoms with Crippen LogP contribution in [0.25, 0.3) is 16.9 Å². The fourth-order valence-corrected chi connectivity index (χ4v) is 3.27. The van der Waals surface area contributed by atoms with E-state index in [1.165, 1.54) is 44.6 Å². The van der Waals surface area contributed by atoms with Crippen molar-refractivity contribution in [2.24, 2.45) is 0 Å². The summed E-state index contributed by atoms with van der Waals surface area (Å²) in [6.45, 7) is 0. The Morgan fingerprint density at radius 1 is 1.09 bits per heavy atom. The Labute approximate surface area is 194 Å². The topological polar surface area (TPSA) is 134 Å². The Morgan fingerprint density at radius 3 is 2.46 bits per heavy atom. The number of methoxy groups -OCH3 is 2. The first-order chi connectivity index (χ1) is 16.6. The molecule has 0 saturated heterocycles. The summed E-state index contributed by atoms with van der Waals surface area (Å²) < 4.78 is 51.8. The van der Waals surface area contributed by atoms with E-state index in [0.29, 0.717) is 5.75 Å². The number of nitrogens with one attached hydrogen (secondary N) is 1. The van der Waals surface area contributed by atoms with Crippen molar-refractivity contribution in [3.63, 3.8) is 0 Å². The number of hydrogen-bond donors (Lipinski definition) is 1. The second kappa shape index (κ2) is 8.89. The van der Waals surface area contributed by atoms with Gasteiger partial charge in [0.1, 0.15) is 5.75 Å². The molecule has 0 saturated carbocycles. The van der Waals surface area contributed by atoms with Gasteiger partial charge in [-0.25, -0.2) is 15.0 Å². The van der Waals surface area contributed by atoms with Crippen LogP contribution < -0.4 is 14.8 Å². The number of anilines is 1. The molecule has 1 N–H and O–H groups in total. The SMILES string of the molecule is COc1ccc2c(c1)nc(C(F)(F)F)n2-c1cnc(NC(=O)c2ccc([N+](=O)[O-])c(OC)c2)cn1. The minimum Gasteiger partial charge on any atom is -0.497 e. The number of carbonyl (C=O) groups is 1. The van der Waals surface area contributed by atoms with E-state index >= 15 is 0 Å². The molecule has 0 fully saturated rings. The Bertz CT molecular complexity index is 1440. The normalized spacial score (nSPS) is 11.3. The number of halogens is 3. The molecule has 2 aromatic heterocycles. The van der Waals surface area contributed by atoms with E-state index in [4.69, 9.17) is 9.47 Å². The summed E-state index contributed by atoms with van der Waals surface area (Å²) in [7, 11) is 2.60. The molecular weight excluding hydrogens is 473 g/mol. The maximum Gasteiger partial charge on any atom is 0.450 e. The van der Waals surface area contributed by atoms with Gasteiger partial charge in [-0.2, -0.15) is 13.2 Å². The Morgan fingerprint density at radius 2 is 1.86 bits per heavy atom. The van der Waals surface area contributed by atoms with Crippen molar-refractivity contribution in [1.29, 1.82) is 0 Å². The van der Waals surface area contributed by atoms with Crippen LogP contribution in [0, 0.1) is 10.1 Å². The largest absolute Gasteiger partial charge is 0.497 e. The van der Waals surface area contributed by atoms with Crippen LogP contribution in [0.4, 0.5) is 24.7 Å². The van der Waals surface area contributed by atoms with Crippen LogP contribution in [0.15, 0.2) is 48.8 Å². The number of nitro benzene ring substituents is 1. The molecule has 2 aromatic carbocycles. The second-order valence-corrected chi connectivity index (χ2v) is 6.98. The van der Waals surface area contributed by atoms with Gasteiger partial charge in [-0.3, -0.25) is 19.5 Å². The van der Waals surface area contributed by atoms with E-state index in [9.17, 15) is 28.1 Å². The molecule has 14 heteroatoms. The van der Waals surface area contributed by atoms with Crippen LogP contribution in [0.3, 0.4) is 0 Å². The van der Waals surface area contributed by atoms with Gasteiger partial charge in [0.05, 0.1) is 42.6 Å². The number of nitrogens with zero attached hydrogens (tertiary/aromatic N) is 5. The van der Waals surface area contributed by atoms with Gasteiger partial charge in [0.2, 0.25) is 5.82 Å². The number of amides is 1. The Hall–Kier alpha value is -4.75. The van der Waals surface area contributed by atoms with Gasteiger partial charge in [0.25, 0.3) is 5.91 Å². The molecule has 4 rings (SSSR count). The van der Waals surface area contributed by atoms with Gasteiger partial charge < -0.3 is 14.8 Å². The zero-order valence-corrected chi connectivity index (χ0v) is 18.0. The van der Waals surface area contributed by atoms with Crippen molar-refractivity contribution >= 4 is 28.4 Å². The zero-order chi connectivity index (χ0) is 25.3. The van der Waals surface area contributed by atoms with Crippen LogP contribution >= 0.6 is 0 Å². The predicted octanol–water partition coefficient (Wildman–Crippen LogP) is 4.01. The molecule has 0 radical (unpaired) electrons. The van der Waals surface area contributed by atoms with Gasteiger partial charge in [-0.15, -0.1) is 0 Å². The van der Waals surface area contributed by atoms with Crippen LogP contribution in [0.1, 0.15) is 16.2 Å². The highest BCUT2D eigenvalue weighted by Gasteiger charge is 2.38. The minimum atomic E-state index is -4.78. The van der Waals surface area contributed by atoms with Crippen molar-refractivity contribution in [3.05, 3.63) is 70.3 Å². The number of carbonyl (C=O) groups excluding carboxylic acids is 1. The quantitative estimate of drug-likeness (QED) is 0.318. The van der Waals surface area contributed by atoms with Crippen LogP contribution in [-0.2, 0) is 6.18 Å². The molecule has 0 aliphatic rings. The van der Waals surface area contributed by atoms with Crippen molar-refractivity contribution in [3.8, 4) is 17.3 Å². The summed E-state index contributed by atoms with van der Waals surface area (Å²) in [5.41, 5.74) is -0.115. The highest BCUT2D eigenvalue weighted by atomic mass is 19.4. The fourth-order valence-electron chi connectivity index (χ4n) is 3.27. The summed E-state index contributed by atoms with van der Waals surface area (Å²) in [5, 5.41) is 13.4. The lowest BCUT2D eigenvalue weighted by atomic mass is 10.2. The number of aromatic nitrogens is 4. The van der Waals surface area contributed by atoms with Crippen molar-refractivity contribution in [1.82, 2.24) is 19.5 Å². The summed E-state index contributed by atoms with van der Waals surface area (Å²) in [6.07, 6.45) is -2.66. The summed E-state index contributed by atoms with van der Waals surface area (Å²) >= 11 is 0. The molecule has 11 nitrogen and oxygen atoms in total. The highest BCUT2D eigenvalue weighted by molar-refractivity contribution is 6.04. The number of alkyl halides is 3. The molecule has 0 aliphatic carbocycles. The van der Waals surface area contributed by atoms with E-state index in [1.54, 1.807) is 0 Å². The molecule has 0 unspecified atom stereocenters. The van der Waals surface area contributed by atoms with Crippen LogP contribution in [-0.4, -0.2) is 44.6 Å². The van der Waals surface area contributed by atoms with E-state index in [1.807, 2.05) is 0 Å². The van der Waals surface area contributed by atoms with Gasteiger partial charge in [-0.05, 0) is 18.2 Å². The molecule has 0 aliphatic heterocycles. The lowest BCUT2D eigenvalue weighted by Gasteiger charge is -2.11. The minimum absolute atomic E-state index is 0.0345. The lowest BCUT2D eigenvalue weighted by Crippen LogP contribution is -2.16. The molecule has 0 spiro atoms. The average Bonchev–Trinajstić information content (AvgIpc) is 3.23. The third-order valence-electron chi connectivity index (χ3n) is 4.86. The molecule has 35 heavy (non-hydrogen) atoms. The Balaban J connectivity index is 1.65. The van der Waals surface area contributed by atoms with Crippen LogP contribution in [0.5, 0.6) is 11.5 Å². The predicted molar refractivity (Wildman–Crippen MR) is 116 cm³/mol. The number of benzene rings is 2. The highest BCUT2D eigenvalue weighted by Crippen LogP contribution is 2.34. The summed E-state index contributed by atoms with van der Waals surface area (Å²) in [6, 6.07) is 7.77. The third-order valence-corrected chi connectivity index (χ3v) is 4.86.